The molecular weight excluding hydrogens is 474 g/mol. The molecule has 3 aromatic carbocycles. The van der Waals surface area contributed by atoms with Gasteiger partial charge in [-0.2, -0.15) is 0 Å². The van der Waals surface area contributed by atoms with Crippen molar-refractivity contribution in [1.29, 1.82) is 0 Å². The Bertz CT molecular complexity index is 1540. The van der Waals surface area contributed by atoms with Crippen LogP contribution in [-0.4, -0.2) is 40.7 Å². The molecule has 8 nitrogen and oxygen atoms in total. The summed E-state index contributed by atoms with van der Waals surface area (Å²) in [5.41, 5.74) is 4.33. The van der Waals surface area contributed by atoms with Crippen LogP contribution in [0, 0.1) is 0 Å². The SMILES string of the molecule is O=C(NCCCn1ccnc1)c1ccc2nc(-c3cccc(S(=O)[O-])c3)c(-c3ccccc3)nc2c1. The fourth-order valence-corrected chi connectivity index (χ4v) is 4.34. The van der Waals surface area contributed by atoms with Crippen molar-refractivity contribution < 1.29 is 13.6 Å². The number of aromatic nitrogens is 4. The molecule has 5 aromatic rings. The maximum absolute atomic E-state index is 12.8. The molecule has 0 radical (unpaired) electrons. The number of rotatable bonds is 8. The first-order valence-corrected chi connectivity index (χ1v) is 12.5. The summed E-state index contributed by atoms with van der Waals surface area (Å²) in [4.78, 5) is 26.6. The lowest BCUT2D eigenvalue weighted by Crippen LogP contribution is -2.25. The summed E-state index contributed by atoms with van der Waals surface area (Å²) in [6.45, 7) is 1.31. The van der Waals surface area contributed by atoms with Crippen LogP contribution < -0.4 is 5.32 Å². The third-order valence-electron chi connectivity index (χ3n) is 5.71. The van der Waals surface area contributed by atoms with Crippen molar-refractivity contribution in [2.75, 3.05) is 6.54 Å². The van der Waals surface area contributed by atoms with Gasteiger partial charge in [0.2, 0.25) is 0 Å². The maximum Gasteiger partial charge on any atom is 0.251 e. The average Bonchev–Trinajstić information content (AvgIpc) is 3.44. The molecule has 2 heterocycles. The van der Waals surface area contributed by atoms with Crippen LogP contribution in [0.1, 0.15) is 16.8 Å². The van der Waals surface area contributed by atoms with E-state index >= 15 is 0 Å². The second-order valence-corrected chi connectivity index (χ2v) is 9.10. The lowest BCUT2D eigenvalue weighted by molar-refractivity contribution is 0.0953. The van der Waals surface area contributed by atoms with E-state index in [9.17, 15) is 13.6 Å². The zero-order chi connectivity index (χ0) is 24.9. The van der Waals surface area contributed by atoms with Crippen LogP contribution in [0.5, 0.6) is 0 Å². The predicted molar refractivity (Wildman–Crippen MR) is 137 cm³/mol. The van der Waals surface area contributed by atoms with Gasteiger partial charge in [0.25, 0.3) is 5.91 Å². The molecule has 1 N–H and O–H groups in total. The van der Waals surface area contributed by atoms with Crippen LogP contribution in [0.25, 0.3) is 33.5 Å². The number of carbonyl (C=O) groups is 1. The molecular formula is C27H22N5O3S-. The molecule has 36 heavy (non-hydrogen) atoms. The van der Waals surface area contributed by atoms with E-state index in [1.165, 1.54) is 6.07 Å². The third-order valence-corrected chi connectivity index (χ3v) is 6.35. The Hall–Kier alpha value is -4.21. The Labute approximate surface area is 210 Å². The van der Waals surface area contributed by atoms with Crippen LogP contribution in [0.3, 0.4) is 0 Å². The standard InChI is InChI=1S/C27H23N5O3S/c33-27(29-12-5-14-32-15-13-28-18-32)21-10-11-23-24(17-21)31-25(19-6-2-1-3-7-19)26(30-23)20-8-4-9-22(16-20)36(34)35/h1-4,6-11,13,15-18H,5,12,14H2,(H,29,33)(H,34,35)/p-1. The first-order chi connectivity index (χ1) is 17.6. The highest BCUT2D eigenvalue weighted by Crippen LogP contribution is 2.32. The quantitative estimate of drug-likeness (QED) is 0.254. The van der Waals surface area contributed by atoms with Gasteiger partial charge < -0.3 is 14.4 Å². The number of carbonyl (C=O) groups excluding carboxylic acids is 1. The number of hydrogen-bond donors (Lipinski definition) is 1. The van der Waals surface area contributed by atoms with E-state index in [1.807, 2.05) is 47.2 Å². The number of fused-ring (bicyclic) bond motifs is 1. The number of hydrogen-bond acceptors (Lipinski definition) is 6. The smallest absolute Gasteiger partial charge is 0.251 e. The second-order valence-electron chi connectivity index (χ2n) is 8.16. The molecule has 1 unspecified atom stereocenters. The van der Waals surface area contributed by atoms with Crippen molar-refractivity contribution in [3.05, 3.63) is 97.1 Å². The Morgan fingerprint density at radius 1 is 0.917 bits per heavy atom. The number of nitrogens with zero attached hydrogens (tertiary/aromatic N) is 4. The van der Waals surface area contributed by atoms with Crippen LogP contribution in [0.15, 0.2) is 96.4 Å². The molecule has 0 bridgehead atoms. The third kappa shape index (κ3) is 5.22. The molecule has 5 rings (SSSR count). The van der Waals surface area contributed by atoms with E-state index < -0.39 is 11.1 Å². The summed E-state index contributed by atoms with van der Waals surface area (Å²) >= 11 is -2.36. The minimum Gasteiger partial charge on any atom is -0.768 e. The maximum atomic E-state index is 12.8. The minimum absolute atomic E-state index is 0.175. The van der Waals surface area contributed by atoms with E-state index in [-0.39, 0.29) is 10.8 Å². The second kappa shape index (κ2) is 10.6. The van der Waals surface area contributed by atoms with E-state index in [4.69, 9.17) is 9.97 Å². The number of nitrogens with one attached hydrogen (secondary N) is 1. The van der Waals surface area contributed by atoms with E-state index in [2.05, 4.69) is 10.3 Å². The van der Waals surface area contributed by atoms with Crippen molar-refractivity contribution in [3.63, 3.8) is 0 Å². The van der Waals surface area contributed by atoms with Gasteiger partial charge in [-0.15, -0.1) is 0 Å². The van der Waals surface area contributed by atoms with Gasteiger partial charge in [0, 0.05) is 47.1 Å². The zero-order valence-electron chi connectivity index (χ0n) is 19.2. The topological polar surface area (TPSA) is 113 Å². The molecule has 9 heteroatoms. The lowest BCUT2D eigenvalue weighted by atomic mass is 10.0. The normalized spacial score (nSPS) is 11.9. The summed E-state index contributed by atoms with van der Waals surface area (Å²) in [6.07, 6.45) is 6.15. The van der Waals surface area contributed by atoms with E-state index in [0.717, 1.165) is 18.5 Å². The summed E-state index contributed by atoms with van der Waals surface area (Å²) in [7, 11) is 0. The number of imidazole rings is 1. The first kappa shape index (κ1) is 23.5. The molecule has 0 aliphatic heterocycles. The van der Waals surface area contributed by atoms with Gasteiger partial charge in [-0.05, 0) is 47.8 Å². The fraction of sp³-hybridized carbons (Fsp3) is 0.111. The van der Waals surface area contributed by atoms with Crippen molar-refractivity contribution >= 4 is 28.0 Å². The Balaban J connectivity index is 1.47. The van der Waals surface area contributed by atoms with E-state index in [1.54, 1.807) is 42.9 Å². The highest BCUT2D eigenvalue weighted by Gasteiger charge is 2.15. The fourth-order valence-electron chi connectivity index (χ4n) is 3.93. The number of amides is 1. The van der Waals surface area contributed by atoms with Crippen LogP contribution >= 0.6 is 0 Å². The summed E-state index contributed by atoms with van der Waals surface area (Å²) in [5, 5.41) is 2.95. The van der Waals surface area contributed by atoms with E-state index in [0.29, 0.717) is 40.1 Å². The highest BCUT2D eigenvalue weighted by atomic mass is 32.2. The summed E-state index contributed by atoms with van der Waals surface area (Å²) < 4.78 is 25.0. The summed E-state index contributed by atoms with van der Waals surface area (Å²) in [6, 6.07) is 21.4. The molecule has 0 saturated carbocycles. The molecule has 0 fully saturated rings. The molecule has 2 aromatic heterocycles. The van der Waals surface area contributed by atoms with Crippen molar-refractivity contribution in [3.8, 4) is 22.5 Å². The Morgan fingerprint density at radius 3 is 2.47 bits per heavy atom. The Kier molecular flexibility index (Phi) is 6.92. The number of aryl methyl sites for hydroxylation is 1. The monoisotopic (exact) mass is 496 g/mol. The molecule has 0 aliphatic carbocycles. The van der Waals surface area contributed by atoms with Crippen molar-refractivity contribution in [1.82, 2.24) is 24.8 Å². The number of benzene rings is 3. The van der Waals surface area contributed by atoms with Gasteiger partial charge in [0.1, 0.15) is 0 Å². The van der Waals surface area contributed by atoms with Crippen LogP contribution in [0.2, 0.25) is 0 Å². The molecule has 180 valence electrons. The van der Waals surface area contributed by atoms with Crippen LogP contribution in [0.4, 0.5) is 0 Å². The van der Waals surface area contributed by atoms with Crippen molar-refractivity contribution in [2.24, 2.45) is 0 Å². The Morgan fingerprint density at radius 2 is 1.69 bits per heavy atom. The highest BCUT2D eigenvalue weighted by molar-refractivity contribution is 7.79. The lowest BCUT2D eigenvalue weighted by Gasteiger charge is -2.13. The van der Waals surface area contributed by atoms with Crippen molar-refractivity contribution in [2.45, 2.75) is 17.9 Å². The molecule has 0 spiro atoms. The van der Waals surface area contributed by atoms with Gasteiger partial charge in [-0.3, -0.25) is 9.00 Å². The molecule has 0 aliphatic rings. The summed E-state index contributed by atoms with van der Waals surface area (Å²) in [5.74, 6) is -0.180. The zero-order valence-corrected chi connectivity index (χ0v) is 20.0. The van der Waals surface area contributed by atoms with Gasteiger partial charge in [0.05, 0.1) is 28.7 Å². The molecule has 0 saturated heterocycles. The van der Waals surface area contributed by atoms with Gasteiger partial charge in [-0.25, -0.2) is 15.0 Å². The average molecular weight is 497 g/mol. The van der Waals surface area contributed by atoms with Gasteiger partial charge in [0.15, 0.2) is 0 Å². The minimum atomic E-state index is -2.36. The predicted octanol–water partition coefficient (Wildman–Crippen LogP) is 4.22. The first-order valence-electron chi connectivity index (χ1n) is 11.4. The van der Waals surface area contributed by atoms with Gasteiger partial charge in [-0.1, -0.05) is 42.5 Å². The molecule has 1 atom stereocenters. The van der Waals surface area contributed by atoms with Crippen LogP contribution in [-0.2, 0) is 17.6 Å². The van der Waals surface area contributed by atoms with Gasteiger partial charge >= 0.3 is 0 Å². The molecule has 1 amide bonds. The largest absolute Gasteiger partial charge is 0.768 e.